The van der Waals surface area contributed by atoms with Crippen LogP contribution in [0.5, 0.6) is 11.6 Å². The number of halogens is 3. The van der Waals surface area contributed by atoms with Gasteiger partial charge in [0, 0.05) is 12.7 Å². The monoisotopic (exact) mass is 383 g/mol. The van der Waals surface area contributed by atoms with Crippen LogP contribution >= 0.6 is 0 Å². The van der Waals surface area contributed by atoms with E-state index in [0.717, 1.165) is 6.20 Å². The number of hydrogen-bond donors (Lipinski definition) is 0. The molecule has 1 heterocycles. The molecule has 0 saturated heterocycles. The van der Waals surface area contributed by atoms with Crippen molar-refractivity contribution in [3.05, 3.63) is 36.0 Å². The summed E-state index contributed by atoms with van der Waals surface area (Å²) < 4.78 is 50.8. The van der Waals surface area contributed by atoms with Gasteiger partial charge in [-0.2, -0.15) is 18.2 Å². The fraction of sp³-hybridized carbons (Fsp3) is 0.474. The van der Waals surface area contributed by atoms with Gasteiger partial charge < -0.3 is 14.4 Å². The molecule has 0 bridgehead atoms. The number of benzene rings is 1. The van der Waals surface area contributed by atoms with E-state index >= 15 is 0 Å². The van der Waals surface area contributed by atoms with Crippen LogP contribution in [0.3, 0.4) is 0 Å². The molecular formula is C19H24F3N3O2. The molecule has 2 rings (SSSR count). The number of para-hydroxylation sites is 2. The van der Waals surface area contributed by atoms with Crippen molar-refractivity contribution < 1.29 is 22.6 Å². The summed E-state index contributed by atoms with van der Waals surface area (Å²) in [4.78, 5) is 9.71. The quantitative estimate of drug-likeness (QED) is 0.636. The average molecular weight is 383 g/mol. The molecule has 27 heavy (non-hydrogen) atoms. The fourth-order valence-corrected chi connectivity index (χ4v) is 2.41. The molecule has 0 aliphatic rings. The molecule has 1 aromatic heterocycles. The first-order chi connectivity index (χ1) is 12.8. The molecule has 2 aromatic rings. The zero-order chi connectivity index (χ0) is 20.0. The molecule has 0 atom stereocenters. The summed E-state index contributed by atoms with van der Waals surface area (Å²) in [7, 11) is 0. The van der Waals surface area contributed by atoms with Gasteiger partial charge in [0.2, 0.25) is 11.8 Å². The number of aromatic nitrogens is 2. The predicted octanol–water partition coefficient (Wildman–Crippen LogP) is 5.09. The molecule has 148 valence electrons. The van der Waals surface area contributed by atoms with Gasteiger partial charge in [-0.05, 0) is 31.9 Å². The summed E-state index contributed by atoms with van der Waals surface area (Å²) in [6.45, 7) is 8.46. The largest absolute Gasteiger partial charge is 0.492 e. The molecule has 8 heteroatoms. The molecule has 0 radical (unpaired) electrons. The summed E-state index contributed by atoms with van der Waals surface area (Å²) in [6.07, 6.45) is -3.82. The van der Waals surface area contributed by atoms with E-state index in [1.54, 1.807) is 11.0 Å². The predicted molar refractivity (Wildman–Crippen MR) is 97.7 cm³/mol. The Morgan fingerprint density at radius 2 is 1.81 bits per heavy atom. The van der Waals surface area contributed by atoms with Gasteiger partial charge in [0.25, 0.3) is 0 Å². The zero-order valence-electron chi connectivity index (χ0n) is 15.9. The molecule has 0 aliphatic carbocycles. The second-order valence-corrected chi connectivity index (χ2v) is 6.24. The maximum absolute atomic E-state index is 13.3. The summed E-state index contributed by atoms with van der Waals surface area (Å²) in [5.41, 5.74) is -0.308. The third-order valence-corrected chi connectivity index (χ3v) is 3.61. The highest BCUT2D eigenvalue weighted by Gasteiger charge is 2.36. The molecule has 5 nitrogen and oxygen atoms in total. The van der Waals surface area contributed by atoms with Crippen molar-refractivity contribution in [2.24, 2.45) is 5.92 Å². The first-order valence-electron chi connectivity index (χ1n) is 8.84. The Bertz CT molecular complexity index is 751. The van der Waals surface area contributed by atoms with Gasteiger partial charge in [0.1, 0.15) is 11.3 Å². The number of ether oxygens (including phenoxy) is 2. The Labute approximate surface area is 157 Å². The highest BCUT2D eigenvalue weighted by molar-refractivity contribution is 5.65. The lowest BCUT2D eigenvalue weighted by atomic mass is 10.2. The van der Waals surface area contributed by atoms with E-state index in [0.29, 0.717) is 24.6 Å². The SMILES string of the molecule is CCOc1ccccc1N(CC)c1ncc(C(F)(F)F)c(OCC(C)C)n1. The van der Waals surface area contributed by atoms with Crippen molar-refractivity contribution in [2.45, 2.75) is 33.9 Å². The third-order valence-electron chi connectivity index (χ3n) is 3.61. The maximum Gasteiger partial charge on any atom is 0.423 e. The lowest BCUT2D eigenvalue weighted by Crippen LogP contribution is -2.22. The molecular weight excluding hydrogens is 359 g/mol. The second kappa shape index (κ2) is 8.92. The summed E-state index contributed by atoms with van der Waals surface area (Å²) in [6, 6.07) is 7.25. The topological polar surface area (TPSA) is 47.5 Å². The van der Waals surface area contributed by atoms with Crippen LogP contribution in [0.4, 0.5) is 24.8 Å². The molecule has 0 fully saturated rings. The highest BCUT2D eigenvalue weighted by Crippen LogP contribution is 2.37. The first-order valence-corrected chi connectivity index (χ1v) is 8.84. The standard InChI is InChI=1S/C19H24F3N3O2/c1-5-25(15-9-7-8-10-16(15)26-6-2)18-23-11-14(19(20,21)22)17(24-18)27-12-13(3)4/h7-11,13H,5-6,12H2,1-4H3. The van der Waals surface area contributed by atoms with E-state index in [4.69, 9.17) is 9.47 Å². The van der Waals surface area contributed by atoms with Crippen molar-refractivity contribution in [2.75, 3.05) is 24.7 Å². The summed E-state index contributed by atoms with van der Waals surface area (Å²) >= 11 is 0. The van der Waals surface area contributed by atoms with E-state index in [1.807, 2.05) is 45.9 Å². The van der Waals surface area contributed by atoms with Crippen LogP contribution in [0, 0.1) is 5.92 Å². The van der Waals surface area contributed by atoms with Gasteiger partial charge in [0.15, 0.2) is 0 Å². The Hall–Kier alpha value is -2.51. The number of nitrogens with zero attached hydrogens (tertiary/aromatic N) is 3. The Kier molecular flexibility index (Phi) is 6.87. The molecule has 0 amide bonds. The zero-order valence-corrected chi connectivity index (χ0v) is 15.9. The number of alkyl halides is 3. The van der Waals surface area contributed by atoms with Crippen LogP contribution < -0.4 is 14.4 Å². The normalized spacial score (nSPS) is 11.6. The number of anilines is 2. The van der Waals surface area contributed by atoms with Crippen LogP contribution in [-0.4, -0.2) is 29.7 Å². The third kappa shape index (κ3) is 5.24. The Morgan fingerprint density at radius 3 is 2.41 bits per heavy atom. The minimum atomic E-state index is -4.59. The van der Waals surface area contributed by atoms with E-state index in [1.165, 1.54) is 0 Å². The van der Waals surface area contributed by atoms with Gasteiger partial charge in [-0.1, -0.05) is 26.0 Å². The highest BCUT2D eigenvalue weighted by atomic mass is 19.4. The molecule has 0 spiro atoms. The first kappa shape index (κ1) is 20.8. The Morgan fingerprint density at radius 1 is 1.11 bits per heavy atom. The molecule has 0 aliphatic heterocycles. The minimum absolute atomic E-state index is 0.0606. The second-order valence-electron chi connectivity index (χ2n) is 6.24. The molecule has 0 saturated carbocycles. The number of hydrogen-bond acceptors (Lipinski definition) is 5. The number of rotatable bonds is 8. The molecule has 1 aromatic carbocycles. The van der Waals surface area contributed by atoms with E-state index in [-0.39, 0.29) is 18.5 Å². The molecule has 0 unspecified atom stereocenters. The van der Waals surface area contributed by atoms with Gasteiger partial charge in [0.05, 0.1) is 18.9 Å². The van der Waals surface area contributed by atoms with Crippen molar-refractivity contribution >= 4 is 11.6 Å². The van der Waals surface area contributed by atoms with Gasteiger partial charge in [-0.25, -0.2) is 4.98 Å². The average Bonchev–Trinajstić information content (AvgIpc) is 2.61. The van der Waals surface area contributed by atoms with E-state index < -0.39 is 17.6 Å². The van der Waals surface area contributed by atoms with Crippen LogP contribution in [0.1, 0.15) is 33.3 Å². The van der Waals surface area contributed by atoms with Crippen molar-refractivity contribution in [1.82, 2.24) is 9.97 Å². The maximum atomic E-state index is 13.3. The van der Waals surface area contributed by atoms with Crippen molar-refractivity contribution in [3.8, 4) is 11.6 Å². The lowest BCUT2D eigenvalue weighted by Gasteiger charge is -2.24. The minimum Gasteiger partial charge on any atom is -0.492 e. The van der Waals surface area contributed by atoms with Crippen molar-refractivity contribution in [1.29, 1.82) is 0 Å². The van der Waals surface area contributed by atoms with Crippen LogP contribution in [0.15, 0.2) is 30.5 Å². The summed E-state index contributed by atoms with van der Waals surface area (Å²) in [5, 5.41) is 0. The van der Waals surface area contributed by atoms with Crippen LogP contribution in [-0.2, 0) is 6.18 Å². The van der Waals surface area contributed by atoms with Crippen LogP contribution in [0.25, 0.3) is 0 Å². The van der Waals surface area contributed by atoms with Gasteiger partial charge in [-0.3, -0.25) is 0 Å². The van der Waals surface area contributed by atoms with Crippen LogP contribution in [0.2, 0.25) is 0 Å². The smallest absolute Gasteiger partial charge is 0.423 e. The fourth-order valence-electron chi connectivity index (χ4n) is 2.41. The van der Waals surface area contributed by atoms with Gasteiger partial charge >= 0.3 is 6.18 Å². The van der Waals surface area contributed by atoms with Crippen molar-refractivity contribution in [3.63, 3.8) is 0 Å². The lowest BCUT2D eigenvalue weighted by molar-refractivity contribution is -0.139. The Balaban J connectivity index is 2.48. The van der Waals surface area contributed by atoms with E-state index in [2.05, 4.69) is 9.97 Å². The summed E-state index contributed by atoms with van der Waals surface area (Å²) in [5.74, 6) is 0.324. The van der Waals surface area contributed by atoms with Gasteiger partial charge in [-0.15, -0.1) is 0 Å². The molecule has 0 N–H and O–H groups in total. The van der Waals surface area contributed by atoms with E-state index in [9.17, 15) is 13.2 Å².